The van der Waals surface area contributed by atoms with Crippen molar-refractivity contribution in [3.63, 3.8) is 0 Å². The maximum atomic E-state index is 13.2. The van der Waals surface area contributed by atoms with Crippen LogP contribution < -0.4 is 5.32 Å². The van der Waals surface area contributed by atoms with Crippen molar-refractivity contribution in [2.75, 3.05) is 13.1 Å². The lowest BCUT2D eigenvalue weighted by Gasteiger charge is -2.30. The second-order valence-corrected chi connectivity index (χ2v) is 10.0. The molecule has 1 unspecified atom stereocenters. The van der Waals surface area contributed by atoms with Crippen LogP contribution in [0.25, 0.3) is 22.2 Å². The van der Waals surface area contributed by atoms with Gasteiger partial charge in [0, 0.05) is 60.3 Å². The smallest absolute Gasteiger partial charge is 0.318 e. The van der Waals surface area contributed by atoms with Gasteiger partial charge in [-0.25, -0.2) is 4.79 Å². The van der Waals surface area contributed by atoms with Crippen molar-refractivity contribution in [3.8, 4) is 11.3 Å². The number of pyridine rings is 2. The van der Waals surface area contributed by atoms with Crippen molar-refractivity contribution in [1.29, 1.82) is 0 Å². The quantitative estimate of drug-likeness (QED) is 0.497. The Hall–Kier alpha value is -3.74. The summed E-state index contributed by atoms with van der Waals surface area (Å²) in [5.74, 6) is 0. The Bertz CT molecular complexity index is 1380. The summed E-state index contributed by atoms with van der Waals surface area (Å²) in [6.45, 7) is 6.40. The molecular formula is C27H28N6O. The molecule has 1 N–H and O–H groups in total. The van der Waals surface area contributed by atoms with E-state index >= 15 is 0 Å². The zero-order valence-corrected chi connectivity index (χ0v) is 19.5. The number of rotatable bonds is 3. The molecule has 5 heterocycles. The van der Waals surface area contributed by atoms with Crippen LogP contribution in [0, 0.1) is 0 Å². The molecule has 1 aromatic carbocycles. The molecular weight excluding hydrogens is 424 g/mol. The third-order valence-electron chi connectivity index (χ3n) is 7.47. The molecule has 7 nitrogen and oxygen atoms in total. The first kappa shape index (κ1) is 20.8. The number of para-hydroxylation sites is 1. The van der Waals surface area contributed by atoms with Crippen molar-refractivity contribution in [2.24, 2.45) is 0 Å². The van der Waals surface area contributed by atoms with E-state index in [0.717, 1.165) is 53.7 Å². The molecule has 1 spiro atoms. The average Bonchev–Trinajstić information content (AvgIpc) is 3.56. The Kier molecular flexibility index (Phi) is 4.69. The number of likely N-dealkylation sites (tertiary alicyclic amines) is 1. The van der Waals surface area contributed by atoms with Crippen LogP contribution in [0.3, 0.4) is 0 Å². The van der Waals surface area contributed by atoms with E-state index in [4.69, 9.17) is 5.10 Å². The van der Waals surface area contributed by atoms with Gasteiger partial charge in [0.2, 0.25) is 0 Å². The monoisotopic (exact) mass is 452 g/mol. The molecule has 0 bridgehead atoms. The summed E-state index contributed by atoms with van der Waals surface area (Å²) < 4.78 is 2.13. The molecule has 0 radical (unpaired) electrons. The molecule has 34 heavy (non-hydrogen) atoms. The van der Waals surface area contributed by atoms with E-state index in [1.807, 2.05) is 55.3 Å². The van der Waals surface area contributed by atoms with Crippen LogP contribution in [-0.2, 0) is 17.5 Å². The summed E-state index contributed by atoms with van der Waals surface area (Å²) in [6, 6.07) is 16.4. The number of carbonyl (C=O) groups is 1. The van der Waals surface area contributed by atoms with Gasteiger partial charge in [0.05, 0.1) is 16.7 Å². The summed E-state index contributed by atoms with van der Waals surface area (Å²) in [5, 5.41) is 9.24. The number of amides is 2. The van der Waals surface area contributed by atoms with Gasteiger partial charge in [0.1, 0.15) is 0 Å². The number of hydrogen-bond donors (Lipinski definition) is 1. The molecule has 1 saturated heterocycles. The van der Waals surface area contributed by atoms with Gasteiger partial charge < -0.3 is 10.2 Å². The van der Waals surface area contributed by atoms with Gasteiger partial charge in [-0.1, -0.05) is 18.2 Å². The predicted octanol–water partition coefficient (Wildman–Crippen LogP) is 4.49. The molecule has 2 amide bonds. The second-order valence-electron chi connectivity index (χ2n) is 10.0. The van der Waals surface area contributed by atoms with Crippen molar-refractivity contribution in [2.45, 2.75) is 44.2 Å². The lowest BCUT2D eigenvalue weighted by molar-refractivity contribution is 0.194. The highest BCUT2D eigenvalue weighted by Crippen LogP contribution is 2.44. The fraction of sp³-hybridized carbons (Fsp3) is 0.333. The minimum Gasteiger partial charge on any atom is -0.329 e. The molecule has 172 valence electrons. The third kappa shape index (κ3) is 3.43. The van der Waals surface area contributed by atoms with Crippen molar-refractivity contribution in [3.05, 3.63) is 78.4 Å². The van der Waals surface area contributed by atoms with Crippen LogP contribution in [0.2, 0.25) is 0 Å². The van der Waals surface area contributed by atoms with Gasteiger partial charge in [-0.15, -0.1) is 0 Å². The normalized spacial score (nSPS) is 19.6. The molecule has 0 aliphatic carbocycles. The molecule has 0 saturated carbocycles. The Morgan fingerprint density at radius 2 is 1.85 bits per heavy atom. The van der Waals surface area contributed by atoms with Crippen LogP contribution in [0.1, 0.15) is 37.9 Å². The first-order valence-corrected chi connectivity index (χ1v) is 11.8. The van der Waals surface area contributed by atoms with Crippen molar-refractivity contribution in [1.82, 2.24) is 30.0 Å². The molecule has 2 aliphatic rings. The van der Waals surface area contributed by atoms with E-state index in [9.17, 15) is 4.79 Å². The summed E-state index contributed by atoms with van der Waals surface area (Å²) in [6.07, 6.45) is 7.40. The lowest BCUT2D eigenvalue weighted by Crippen LogP contribution is -2.48. The fourth-order valence-electron chi connectivity index (χ4n) is 5.46. The number of aromatic nitrogens is 4. The maximum absolute atomic E-state index is 13.2. The van der Waals surface area contributed by atoms with Crippen molar-refractivity contribution < 1.29 is 4.79 Å². The van der Waals surface area contributed by atoms with Crippen LogP contribution in [0.15, 0.2) is 67.1 Å². The highest BCUT2D eigenvalue weighted by Gasteiger charge is 2.47. The first-order valence-electron chi connectivity index (χ1n) is 11.8. The first-order chi connectivity index (χ1) is 16.4. The minimum atomic E-state index is -0.469. The average molecular weight is 453 g/mol. The largest absolute Gasteiger partial charge is 0.329 e. The van der Waals surface area contributed by atoms with E-state index in [1.54, 1.807) is 12.4 Å². The number of aryl methyl sites for hydroxylation is 1. The van der Waals surface area contributed by atoms with Crippen LogP contribution in [0.4, 0.5) is 4.79 Å². The number of urea groups is 1. The Labute approximate surface area is 198 Å². The minimum absolute atomic E-state index is 0.0180. The highest BCUT2D eigenvalue weighted by molar-refractivity contribution is 5.83. The van der Waals surface area contributed by atoms with Crippen LogP contribution in [0.5, 0.6) is 0 Å². The second kappa shape index (κ2) is 7.65. The number of nitrogens with one attached hydrogen (secondary N) is 1. The molecule has 2 aliphatic heterocycles. The molecule has 6 rings (SSSR count). The Balaban J connectivity index is 1.22. The van der Waals surface area contributed by atoms with Crippen LogP contribution >= 0.6 is 0 Å². The van der Waals surface area contributed by atoms with E-state index in [-0.39, 0.29) is 11.4 Å². The summed E-state index contributed by atoms with van der Waals surface area (Å²) in [7, 11) is 0. The van der Waals surface area contributed by atoms with E-state index < -0.39 is 5.54 Å². The van der Waals surface area contributed by atoms with E-state index in [2.05, 4.69) is 38.2 Å². The number of carbonyl (C=O) groups excluding carboxylic acids is 1. The summed E-state index contributed by atoms with van der Waals surface area (Å²) in [5.41, 5.74) is 4.74. The Morgan fingerprint density at radius 3 is 2.71 bits per heavy atom. The van der Waals surface area contributed by atoms with Gasteiger partial charge in [-0.05, 0) is 62.6 Å². The van der Waals surface area contributed by atoms with Gasteiger partial charge in [-0.2, -0.15) is 5.10 Å². The van der Waals surface area contributed by atoms with Gasteiger partial charge in [-0.3, -0.25) is 14.6 Å². The van der Waals surface area contributed by atoms with E-state index in [0.29, 0.717) is 6.54 Å². The number of hydrogen-bond acceptors (Lipinski definition) is 4. The fourth-order valence-corrected chi connectivity index (χ4v) is 5.46. The molecule has 7 heteroatoms. The lowest BCUT2D eigenvalue weighted by atomic mass is 9.82. The summed E-state index contributed by atoms with van der Waals surface area (Å²) >= 11 is 0. The molecule has 1 fully saturated rings. The van der Waals surface area contributed by atoms with E-state index in [1.165, 1.54) is 5.69 Å². The zero-order valence-electron chi connectivity index (χ0n) is 19.5. The summed E-state index contributed by atoms with van der Waals surface area (Å²) in [4.78, 5) is 23.9. The molecule has 3 aromatic heterocycles. The van der Waals surface area contributed by atoms with Gasteiger partial charge in [0.15, 0.2) is 0 Å². The number of benzene rings is 1. The van der Waals surface area contributed by atoms with Gasteiger partial charge >= 0.3 is 6.03 Å². The number of nitrogens with zero attached hydrogens (tertiary/aromatic N) is 5. The predicted molar refractivity (Wildman–Crippen MR) is 131 cm³/mol. The maximum Gasteiger partial charge on any atom is 0.318 e. The van der Waals surface area contributed by atoms with Gasteiger partial charge in [0.25, 0.3) is 0 Å². The molecule has 1 atom stereocenters. The molecule has 4 aromatic rings. The topological polar surface area (TPSA) is 75.9 Å². The van der Waals surface area contributed by atoms with Crippen molar-refractivity contribution >= 4 is 16.9 Å². The number of fused-ring (bicyclic) bond motifs is 3. The highest BCUT2D eigenvalue weighted by atomic mass is 16.2. The Morgan fingerprint density at radius 1 is 1.06 bits per heavy atom. The zero-order chi connectivity index (χ0) is 23.3. The standard InChI is InChI=1S/C27H28N6O/c1-26(2,21-7-11-28-12-8-21)30-25(34)32-13-9-27(18-32)10-14-33-24(27)16-23(31-33)20-15-19-5-3-4-6-22(19)29-17-20/h3-8,11-12,15-17H,9-10,13-14,18H2,1-2H3,(H,30,34). The third-order valence-corrected chi connectivity index (χ3v) is 7.47. The SMILES string of the molecule is CC(C)(NC(=O)N1CCC2(CCn3nc(-c4cnc5ccccc5c4)cc32)C1)c1ccncc1. The van der Waals surface area contributed by atoms with Crippen LogP contribution in [-0.4, -0.2) is 43.8 Å².